The van der Waals surface area contributed by atoms with Crippen molar-refractivity contribution in [1.82, 2.24) is 0 Å². The summed E-state index contributed by atoms with van der Waals surface area (Å²) < 4.78 is 10.4. The van der Waals surface area contributed by atoms with Gasteiger partial charge in [0.05, 0.1) is 12.5 Å². The molecule has 0 radical (unpaired) electrons. The average molecular weight is 246 g/mol. The SMILES string of the molecule is COc1cc2c(oc3cccc(O)c32)c(O)c1O. The number of hydrogen-bond acceptors (Lipinski definition) is 5. The molecule has 3 N–H and O–H groups in total. The Bertz CT molecular complexity index is 757. The third-order valence-electron chi connectivity index (χ3n) is 2.90. The van der Waals surface area contributed by atoms with Gasteiger partial charge in [0.2, 0.25) is 11.5 Å². The number of methoxy groups -OCH3 is 1. The summed E-state index contributed by atoms with van der Waals surface area (Å²) in [4.78, 5) is 0. The van der Waals surface area contributed by atoms with E-state index in [1.165, 1.54) is 19.2 Å². The minimum atomic E-state index is -0.403. The van der Waals surface area contributed by atoms with E-state index in [4.69, 9.17) is 9.15 Å². The first kappa shape index (κ1) is 10.6. The monoisotopic (exact) mass is 246 g/mol. The molecule has 0 fully saturated rings. The van der Waals surface area contributed by atoms with Crippen molar-refractivity contribution in [2.45, 2.75) is 0 Å². The third-order valence-corrected chi connectivity index (χ3v) is 2.90. The zero-order chi connectivity index (χ0) is 12.9. The molecule has 18 heavy (non-hydrogen) atoms. The molecular formula is C13H10O5. The number of phenolic OH excluding ortho intramolecular Hbond substituents is 3. The topological polar surface area (TPSA) is 83.1 Å². The van der Waals surface area contributed by atoms with E-state index in [2.05, 4.69) is 0 Å². The van der Waals surface area contributed by atoms with Gasteiger partial charge in [0.15, 0.2) is 11.3 Å². The van der Waals surface area contributed by atoms with Crippen LogP contribution >= 0.6 is 0 Å². The molecule has 0 unspecified atom stereocenters. The molecule has 0 aliphatic rings. The molecule has 3 rings (SSSR count). The maximum absolute atomic E-state index is 9.86. The number of benzene rings is 2. The predicted molar refractivity (Wildman–Crippen MR) is 65.3 cm³/mol. The summed E-state index contributed by atoms with van der Waals surface area (Å²) in [6.45, 7) is 0. The van der Waals surface area contributed by atoms with Crippen LogP contribution in [-0.4, -0.2) is 22.4 Å². The van der Waals surface area contributed by atoms with Gasteiger partial charge in [-0.1, -0.05) is 6.07 Å². The van der Waals surface area contributed by atoms with Gasteiger partial charge in [-0.15, -0.1) is 0 Å². The highest BCUT2D eigenvalue weighted by molar-refractivity contribution is 6.11. The maximum Gasteiger partial charge on any atom is 0.205 e. The van der Waals surface area contributed by atoms with Crippen molar-refractivity contribution in [3.05, 3.63) is 24.3 Å². The molecule has 0 spiro atoms. The molecule has 0 aliphatic carbocycles. The Morgan fingerprint density at radius 3 is 2.61 bits per heavy atom. The van der Waals surface area contributed by atoms with Crippen LogP contribution in [0.3, 0.4) is 0 Å². The van der Waals surface area contributed by atoms with Gasteiger partial charge in [-0.05, 0) is 18.2 Å². The van der Waals surface area contributed by atoms with E-state index < -0.39 is 5.75 Å². The number of fused-ring (bicyclic) bond motifs is 3. The van der Waals surface area contributed by atoms with Crippen molar-refractivity contribution in [2.75, 3.05) is 7.11 Å². The standard InChI is InChI=1S/C13H10O5/c1-17-9-5-6-10-7(14)3-2-4-8(10)18-13(6)12(16)11(9)15/h2-5,14-16H,1H3. The number of hydrogen-bond donors (Lipinski definition) is 3. The van der Waals surface area contributed by atoms with E-state index in [1.54, 1.807) is 12.1 Å². The molecule has 5 heteroatoms. The molecule has 0 saturated heterocycles. The summed E-state index contributed by atoms with van der Waals surface area (Å²) in [5.41, 5.74) is 0.540. The van der Waals surface area contributed by atoms with Gasteiger partial charge >= 0.3 is 0 Å². The first-order valence-electron chi connectivity index (χ1n) is 5.26. The van der Waals surface area contributed by atoms with Gasteiger partial charge in [0, 0.05) is 5.39 Å². The Morgan fingerprint density at radius 1 is 1.11 bits per heavy atom. The average Bonchev–Trinajstić information content (AvgIpc) is 2.74. The normalized spacial score (nSPS) is 11.2. The second-order valence-corrected chi connectivity index (χ2v) is 3.91. The Labute approximate surface area is 101 Å². The van der Waals surface area contributed by atoms with E-state index in [-0.39, 0.29) is 22.8 Å². The molecule has 0 aliphatic heterocycles. The van der Waals surface area contributed by atoms with Crippen LogP contribution in [0.4, 0.5) is 0 Å². The second-order valence-electron chi connectivity index (χ2n) is 3.91. The summed E-state index contributed by atoms with van der Waals surface area (Å²) in [6, 6.07) is 6.33. The Hall–Kier alpha value is -2.56. The van der Waals surface area contributed by atoms with Gasteiger partial charge in [-0.2, -0.15) is 0 Å². The summed E-state index contributed by atoms with van der Waals surface area (Å²) in [7, 11) is 1.38. The van der Waals surface area contributed by atoms with Gasteiger partial charge < -0.3 is 24.5 Å². The Kier molecular flexibility index (Phi) is 2.04. The first-order valence-corrected chi connectivity index (χ1v) is 5.26. The minimum Gasteiger partial charge on any atom is -0.507 e. The third kappa shape index (κ3) is 1.21. The first-order chi connectivity index (χ1) is 8.63. The molecule has 0 amide bonds. The zero-order valence-corrected chi connectivity index (χ0v) is 9.47. The van der Waals surface area contributed by atoms with Crippen LogP contribution < -0.4 is 4.74 Å². The molecule has 5 nitrogen and oxygen atoms in total. The largest absolute Gasteiger partial charge is 0.507 e. The lowest BCUT2D eigenvalue weighted by molar-refractivity contribution is 0.351. The van der Waals surface area contributed by atoms with Crippen LogP contribution in [0.15, 0.2) is 28.7 Å². The quantitative estimate of drug-likeness (QED) is 0.575. The summed E-state index contributed by atoms with van der Waals surface area (Å²) in [5.74, 6) is -0.632. The molecular weight excluding hydrogens is 236 g/mol. The van der Waals surface area contributed by atoms with E-state index >= 15 is 0 Å². The lowest BCUT2D eigenvalue weighted by atomic mass is 10.1. The smallest absolute Gasteiger partial charge is 0.205 e. The van der Waals surface area contributed by atoms with Crippen LogP contribution in [0.2, 0.25) is 0 Å². The molecule has 0 bridgehead atoms. The number of phenols is 3. The van der Waals surface area contributed by atoms with E-state index in [9.17, 15) is 15.3 Å². The van der Waals surface area contributed by atoms with Crippen molar-refractivity contribution >= 4 is 21.9 Å². The van der Waals surface area contributed by atoms with Gasteiger partial charge in [-0.3, -0.25) is 0 Å². The summed E-state index contributed by atoms with van der Waals surface area (Å²) >= 11 is 0. The fourth-order valence-electron chi connectivity index (χ4n) is 2.05. The van der Waals surface area contributed by atoms with Gasteiger partial charge in [0.25, 0.3) is 0 Å². The van der Waals surface area contributed by atoms with Crippen LogP contribution in [0.5, 0.6) is 23.0 Å². The molecule has 0 atom stereocenters. The fraction of sp³-hybridized carbons (Fsp3) is 0.0769. The van der Waals surface area contributed by atoms with Crippen LogP contribution in [-0.2, 0) is 0 Å². The fourth-order valence-corrected chi connectivity index (χ4v) is 2.05. The minimum absolute atomic E-state index is 0.0402. The Morgan fingerprint density at radius 2 is 1.89 bits per heavy atom. The number of rotatable bonds is 1. The number of aromatic hydroxyl groups is 3. The summed E-state index contributed by atoms with van der Waals surface area (Å²) in [6.07, 6.45) is 0. The van der Waals surface area contributed by atoms with Crippen molar-refractivity contribution in [3.63, 3.8) is 0 Å². The Balaban J connectivity index is 2.57. The van der Waals surface area contributed by atoms with Crippen molar-refractivity contribution in [2.24, 2.45) is 0 Å². The van der Waals surface area contributed by atoms with Crippen molar-refractivity contribution in [3.8, 4) is 23.0 Å². The molecule has 1 heterocycles. The van der Waals surface area contributed by atoms with E-state index in [0.29, 0.717) is 16.4 Å². The van der Waals surface area contributed by atoms with Crippen molar-refractivity contribution in [1.29, 1.82) is 0 Å². The van der Waals surface area contributed by atoms with E-state index in [0.717, 1.165) is 0 Å². The number of ether oxygens (including phenoxy) is 1. The maximum atomic E-state index is 9.86. The van der Waals surface area contributed by atoms with Crippen LogP contribution in [0, 0.1) is 0 Å². The van der Waals surface area contributed by atoms with Crippen molar-refractivity contribution < 1.29 is 24.5 Å². The molecule has 2 aromatic carbocycles. The van der Waals surface area contributed by atoms with Crippen LogP contribution in [0.25, 0.3) is 21.9 Å². The zero-order valence-electron chi connectivity index (χ0n) is 9.47. The highest BCUT2D eigenvalue weighted by atomic mass is 16.5. The molecule has 92 valence electrons. The van der Waals surface area contributed by atoms with E-state index in [1.807, 2.05) is 0 Å². The molecule has 0 saturated carbocycles. The lowest BCUT2D eigenvalue weighted by Gasteiger charge is -2.05. The highest BCUT2D eigenvalue weighted by Crippen LogP contribution is 2.46. The lowest BCUT2D eigenvalue weighted by Crippen LogP contribution is -1.84. The van der Waals surface area contributed by atoms with Gasteiger partial charge in [0.1, 0.15) is 11.3 Å². The van der Waals surface area contributed by atoms with Crippen LogP contribution in [0.1, 0.15) is 0 Å². The second kappa shape index (κ2) is 3.46. The summed E-state index contributed by atoms with van der Waals surface area (Å²) in [5, 5.41) is 30.3. The van der Waals surface area contributed by atoms with Gasteiger partial charge in [-0.25, -0.2) is 0 Å². The number of furan rings is 1. The highest BCUT2D eigenvalue weighted by Gasteiger charge is 2.19. The molecule has 3 aromatic rings. The molecule has 1 aromatic heterocycles. The predicted octanol–water partition coefficient (Wildman–Crippen LogP) is 2.71.